The molecule has 23 heavy (non-hydrogen) atoms. The molecular weight excluding hydrogens is 294 g/mol. The van der Waals surface area contributed by atoms with Crippen LogP contribution in [0.15, 0.2) is 34.7 Å². The van der Waals surface area contributed by atoms with Gasteiger partial charge in [0.05, 0.1) is 0 Å². The molecule has 0 saturated heterocycles. The van der Waals surface area contributed by atoms with Gasteiger partial charge >= 0.3 is 5.97 Å². The van der Waals surface area contributed by atoms with Crippen LogP contribution in [0.2, 0.25) is 0 Å². The fraction of sp³-hybridized carbons (Fsp3) is 0.333. The van der Waals surface area contributed by atoms with Crippen molar-refractivity contribution in [2.75, 3.05) is 13.2 Å². The summed E-state index contributed by atoms with van der Waals surface area (Å²) in [7, 11) is 0. The minimum atomic E-state index is -0.548. The van der Waals surface area contributed by atoms with E-state index in [-0.39, 0.29) is 12.5 Å². The van der Waals surface area contributed by atoms with Crippen LogP contribution >= 0.6 is 0 Å². The molecule has 122 valence electrons. The van der Waals surface area contributed by atoms with Crippen molar-refractivity contribution in [1.29, 1.82) is 0 Å². The Kier molecular flexibility index (Phi) is 5.57. The summed E-state index contributed by atoms with van der Waals surface area (Å²) in [5, 5.41) is 2.75. The van der Waals surface area contributed by atoms with E-state index in [0.29, 0.717) is 23.6 Å². The van der Waals surface area contributed by atoms with Crippen LogP contribution in [0.1, 0.15) is 33.0 Å². The van der Waals surface area contributed by atoms with Gasteiger partial charge in [0.2, 0.25) is 0 Å². The predicted molar refractivity (Wildman–Crippen MR) is 86.4 cm³/mol. The lowest BCUT2D eigenvalue weighted by Gasteiger charge is -2.08. The van der Waals surface area contributed by atoms with Crippen molar-refractivity contribution in [2.45, 2.75) is 27.2 Å². The largest absolute Gasteiger partial charge is 0.466 e. The van der Waals surface area contributed by atoms with Crippen LogP contribution in [0.3, 0.4) is 0 Å². The SMILES string of the molecule is Cc1cc(C(=O)OCC(=O)NCCc2ccccc2C)c(C)o1. The van der Waals surface area contributed by atoms with E-state index < -0.39 is 5.97 Å². The molecule has 5 nitrogen and oxygen atoms in total. The number of hydrogen-bond donors (Lipinski definition) is 1. The first kappa shape index (κ1) is 16.8. The second-order valence-corrected chi connectivity index (χ2v) is 5.43. The second-order valence-electron chi connectivity index (χ2n) is 5.43. The van der Waals surface area contributed by atoms with Crippen molar-refractivity contribution in [2.24, 2.45) is 0 Å². The molecule has 0 atom stereocenters. The standard InChI is InChI=1S/C18H21NO4/c1-12-6-4-5-7-15(12)8-9-19-17(20)11-22-18(21)16-10-13(2)23-14(16)3/h4-7,10H,8-9,11H2,1-3H3,(H,19,20). The van der Waals surface area contributed by atoms with Crippen LogP contribution in [0.5, 0.6) is 0 Å². The summed E-state index contributed by atoms with van der Waals surface area (Å²) in [5.74, 6) is 0.266. The number of benzene rings is 1. The van der Waals surface area contributed by atoms with Gasteiger partial charge in [-0.2, -0.15) is 0 Å². The van der Waals surface area contributed by atoms with Gasteiger partial charge in [0, 0.05) is 6.54 Å². The minimum absolute atomic E-state index is 0.295. The fourth-order valence-electron chi connectivity index (χ4n) is 2.32. The Morgan fingerprint density at radius 3 is 2.57 bits per heavy atom. The van der Waals surface area contributed by atoms with Gasteiger partial charge in [-0.25, -0.2) is 4.79 Å². The fourth-order valence-corrected chi connectivity index (χ4v) is 2.32. The van der Waals surface area contributed by atoms with E-state index in [1.165, 1.54) is 11.1 Å². The molecule has 1 aromatic heterocycles. The van der Waals surface area contributed by atoms with Crippen molar-refractivity contribution < 1.29 is 18.7 Å². The smallest absolute Gasteiger partial charge is 0.342 e. The van der Waals surface area contributed by atoms with E-state index >= 15 is 0 Å². The summed E-state index contributed by atoms with van der Waals surface area (Å²) in [6, 6.07) is 9.63. The van der Waals surface area contributed by atoms with E-state index in [1.54, 1.807) is 19.9 Å². The molecule has 0 aliphatic rings. The van der Waals surface area contributed by atoms with Crippen LogP contribution in [-0.2, 0) is 16.0 Å². The third kappa shape index (κ3) is 4.71. The number of ether oxygens (including phenoxy) is 1. The van der Waals surface area contributed by atoms with Gasteiger partial charge < -0.3 is 14.5 Å². The Labute approximate surface area is 135 Å². The zero-order valence-corrected chi connectivity index (χ0v) is 13.6. The molecular formula is C18H21NO4. The van der Waals surface area contributed by atoms with Crippen molar-refractivity contribution in [1.82, 2.24) is 5.32 Å². The molecule has 0 aliphatic carbocycles. The summed E-state index contributed by atoms with van der Waals surface area (Å²) in [5.41, 5.74) is 2.74. The van der Waals surface area contributed by atoms with Gasteiger partial charge in [0.1, 0.15) is 17.1 Å². The number of amides is 1. The molecule has 1 amide bonds. The van der Waals surface area contributed by atoms with Crippen LogP contribution in [0.25, 0.3) is 0 Å². The molecule has 0 bridgehead atoms. The predicted octanol–water partition coefficient (Wildman–Crippen LogP) is 2.72. The molecule has 1 aromatic carbocycles. The zero-order valence-electron chi connectivity index (χ0n) is 13.6. The van der Waals surface area contributed by atoms with Crippen molar-refractivity contribution >= 4 is 11.9 Å². The maximum absolute atomic E-state index is 11.9. The van der Waals surface area contributed by atoms with Crippen molar-refractivity contribution in [3.05, 3.63) is 58.5 Å². The maximum Gasteiger partial charge on any atom is 0.342 e. The lowest BCUT2D eigenvalue weighted by molar-refractivity contribution is -0.124. The van der Waals surface area contributed by atoms with Crippen LogP contribution in [0.4, 0.5) is 0 Å². The third-order valence-electron chi connectivity index (χ3n) is 3.57. The number of aryl methyl sites for hydroxylation is 3. The summed E-state index contributed by atoms with van der Waals surface area (Å²) in [4.78, 5) is 23.6. The van der Waals surface area contributed by atoms with Crippen LogP contribution in [0, 0.1) is 20.8 Å². The molecule has 0 aliphatic heterocycles. The molecule has 0 fully saturated rings. The van der Waals surface area contributed by atoms with E-state index in [0.717, 1.165) is 6.42 Å². The average molecular weight is 315 g/mol. The molecule has 1 N–H and O–H groups in total. The zero-order chi connectivity index (χ0) is 16.8. The number of nitrogens with one attached hydrogen (secondary N) is 1. The molecule has 0 radical (unpaired) electrons. The van der Waals surface area contributed by atoms with E-state index in [1.807, 2.05) is 31.2 Å². The monoisotopic (exact) mass is 315 g/mol. The van der Waals surface area contributed by atoms with Gasteiger partial charge in [-0.1, -0.05) is 24.3 Å². The van der Waals surface area contributed by atoms with Crippen molar-refractivity contribution in [3.8, 4) is 0 Å². The minimum Gasteiger partial charge on any atom is -0.466 e. The highest BCUT2D eigenvalue weighted by atomic mass is 16.5. The molecule has 0 unspecified atom stereocenters. The molecule has 2 rings (SSSR count). The van der Waals surface area contributed by atoms with Gasteiger partial charge in [-0.3, -0.25) is 4.79 Å². The average Bonchev–Trinajstić information content (AvgIpc) is 2.85. The quantitative estimate of drug-likeness (QED) is 0.832. The summed E-state index contributed by atoms with van der Waals surface area (Å²) in [6.07, 6.45) is 0.742. The normalized spacial score (nSPS) is 10.4. The van der Waals surface area contributed by atoms with Crippen LogP contribution < -0.4 is 5.32 Å². The highest BCUT2D eigenvalue weighted by molar-refractivity contribution is 5.92. The topological polar surface area (TPSA) is 68.5 Å². The van der Waals surface area contributed by atoms with Gasteiger partial charge in [0.15, 0.2) is 6.61 Å². The number of esters is 1. The van der Waals surface area contributed by atoms with Crippen molar-refractivity contribution in [3.63, 3.8) is 0 Å². The molecule has 5 heteroatoms. The Morgan fingerprint density at radius 1 is 1.17 bits per heavy atom. The third-order valence-corrected chi connectivity index (χ3v) is 3.57. The lowest BCUT2D eigenvalue weighted by atomic mass is 10.1. The summed E-state index contributed by atoms with van der Waals surface area (Å²) in [6.45, 7) is 5.68. The highest BCUT2D eigenvalue weighted by Crippen LogP contribution is 2.14. The van der Waals surface area contributed by atoms with E-state index in [4.69, 9.17) is 9.15 Å². The number of hydrogen-bond acceptors (Lipinski definition) is 4. The number of carbonyl (C=O) groups is 2. The Bertz CT molecular complexity index is 703. The van der Waals surface area contributed by atoms with Crippen LogP contribution in [-0.4, -0.2) is 25.0 Å². The van der Waals surface area contributed by atoms with Gasteiger partial charge in [-0.15, -0.1) is 0 Å². The number of carbonyl (C=O) groups excluding carboxylic acids is 2. The molecule has 1 heterocycles. The molecule has 0 saturated carbocycles. The summed E-state index contributed by atoms with van der Waals surface area (Å²) < 4.78 is 10.3. The second kappa shape index (κ2) is 7.63. The van der Waals surface area contributed by atoms with E-state index in [2.05, 4.69) is 5.32 Å². The first-order valence-electron chi connectivity index (χ1n) is 7.52. The lowest BCUT2D eigenvalue weighted by Crippen LogP contribution is -2.30. The Balaban J connectivity index is 1.74. The first-order chi connectivity index (χ1) is 11.0. The Morgan fingerprint density at radius 2 is 1.91 bits per heavy atom. The summed E-state index contributed by atoms with van der Waals surface area (Å²) >= 11 is 0. The van der Waals surface area contributed by atoms with E-state index in [9.17, 15) is 9.59 Å². The van der Waals surface area contributed by atoms with Gasteiger partial charge in [0.25, 0.3) is 5.91 Å². The first-order valence-corrected chi connectivity index (χ1v) is 7.52. The molecule has 2 aromatic rings. The molecule has 0 spiro atoms. The number of rotatable bonds is 6. The van der Waals surface area contributed by atoms with Gasteiger partial charge in [-0.05, 0) is 44.4 Å². The Hall–Kier alpha value is -2.56. The number of furan rings is 1. The maximum atomic E-state index is 11.9. The highest BCUT2D eigenvalue weighted by Gasteiger charge is 2.16.